The number of benzene rings is 3. The number of aromatic nitrogens is 4. The SMILES string of the molecule is COc1cc(CNC(=O)c2cc(C3=NO[C@H]([C@H]4CO[C@H](CO)CO4)C3)nc(C)n2)ccc1F.COc1cc(CNC(=O)c2cc(C3=NO[C@H]([C@H]4CO[C@H](COS(=O)(=O)c5ccc(C)cc5)CO4)C3)nc(C)n2)ccc1F. The molecule has 3 N–H and O–H groups in total. The standard InChI is InChI=1S/C29H31FN4O8S.C22H25FN4O6/c1-17-4-7-21(8-5-17)43(36,37)41-15-20-14-40-28(16-39-20)27-12-24(34-42-27)23-11-25(33-18(2)32-23)29(35)31-13-19-6-9-22(30)26(10-19)38-3;1-12-25-16(17-7-20(33-27-17)21-11-31-14(9-28)10-32-21)6-18(26-12)22(29)24-8-13-3-4-15(23)19(5-13)30-2/h4-11,20,27-28H,12-16H2,1-3H3,(H,31,35);3-6,14,20-21,28H,7-11H2,1-2H3,(H,24,29)/t20-,27-,28+;14-,20+,21-/m01/s1. The van der Waals surface area contributed by atoms with E-state index >= 15 is 0 Å². The van der Waals surface area contributed by atoms with Crippen LogP contribution in [0.1, 0.15) is 73.5 Å². The first-order chi connectivity index (χ1) is 36.6. The van der Waals surface area contributed by atoms with Crippen molar-refractivity contribution in [3.63, 3.8) is 0 Å². The smallest absolute Gasteiger partial charge is 0.297 e. The Morgan fingerprint density at radius 2 is 1.11 bits per heavy atom. The number of aliphatic hydroxyl groups excluding tert-OH is 1. The van der Waals surface area contributed by atoms with E-state index in [1.54, 1.807) is 44.2 Å². The molecule has 3 aromatic carbocycles. The van der Waals surface area contributed by atoms with Gasteiger partial charge in [-0.05, 0) is 80.4 Å². The van der Waals surface area contributed by atoms with Crippen LogP contribution in [0.25, 0.3) is 0 Å². The minimum absolute atomic E-state index is 0.0749. The van der Waals surface area contributed by atoms with Crippen molar-refractivity contribution in [3.05, 3.63) is 136 Å². The van der Waals surface area contributed by atoms with Crippen LogP contribution in [0.2, 0.25) is 0 Å². The first-order valence-electron chi connectivity index (χ1n) is 24.0. The van der Waals surface area contributed by atoms with Crippen LogP contribution in [-0.4, -0.2) is 147 Å². The third-order valence-corrected chi connectivity index (χ3v) is 13.5. The molecule has 25 heteroatoms. The molecule has 2 fully saturated rings. The van der Waals surface area contributed by atoms with Crippen LogP contribution >= 0.6 is 0 Å². The van der Waals surface area contributed by atoms with Crippen molar-refractivity contribution in [3.8, 4) is 11.5 Å². The summed E-state index contributed by atoms with van der Waals surface area (Å²) in [4.78, 5) is 54.0. The number of aliphatic hydroxyl groups is 1. The number of amides is 2. The van der Waals surface area contributed by atoms with Gasteiger partial charge in [0, 0.05) is 25.9 Å². The van der Waals surface area contributed by atoms with Crippen molar-refractivity contribution >= 4 is 33.4 Å². The van der Waals surface area contributed by atoms with Crippen molar-refractivity contribution in [2.45, 2.75) is 88.2 Å². The molecule has 9 rings (SSSR count). The highest BCUT2D eigenvalue weighted by atomic mass is 32.2. The van der Waals surface area contributed by atoms with Crippen molar-refractivity contribution in [2.24, 2.45) is 10.3 Å². The first-order valence-corrected chi connectivity index (χ1v) is 25.4. The number of hydrogen-bond acceptors (Lipinski definition) is 20. The third-order valence-electron chi connectivity index (χ3n) is 12.2. The Labute approximate surface area is 436 Å². The molecular formula is C51H56F2N8O14S. The van der Waals surface area contributed by atoms with Gasteiger partial charge in [0.05, 0.1) is 70.1 Å². The number of rotatable bonds is 17. The molecule has 0 unspecified atom stereocenters. The zero-order valence-electron chi connectivity index (χ0n) is 42.1. The predicted octanol–water partition coefficient (Wildman–Crippen LogP) is 3.99. The highest BCUT2D eigenvalue weighted by molar-refractivity contribution is 7.86. The number of methoxy groups -OCH3 is 2. The molecule has 6 atom stereocenters. The molecule has 2 saturated heterocycles. The molecule has 0 spiro atoms. The number of nitrogens with zero attached hydrogens (tertiary/aromatic N) is 6. The lowest BCUT2D eigenvalue weighted by molar-refractivity contribution is -0.178. The van der Waals surface area contributed by atoms with Gasteiger partial charge in [-0.15, -0.1) is 0 Å². The van der Waals surface area contributed by atoms with Gasteiger partial charge in [0.25, 0.3) is 21.9 Å². The lowest BCUT2D eigenvalue weighted by Gasteiger charge is -2.31. The third kappa shape index (κ3) is 14.2. The van der Waals surface area contributed by atoms with Gasteiger partial charge in [-0.2, -0.15) is 8.42 Å². The van der Waals surface area contributed by atoms with Gasteiger partial charge in [0.15, 0.2) is 35.3 Å². The fraction of sp³-hybridized carbons (Fsp3) is 0.412. The summed E-state index contributed by atoms with van der Waals surface area (Å²) in [7, 11) is -1.17. The normalized spacial score (nSPS) is 21.2. The number of oxime groups is 2. The summed E-state index contributed by atoms with van der Waals surface area (Å²) in [5.74, 6) is -0.825. The van der Waals surface area contributed by atoms with E-state index in [4.69, 9.17) is 47.4 Å². The molecule has 0 bridgehead atoms. The summed E-state index contributed by atoms with van der Waals surface area (Å²) in [5, 5.41) is 23.0. The fourth-order valence-electron chi connectivity index (χ4n) is 8.02. The molecule has 4 aliphatic rings. The molecule has 5 aromatic rings. The molecule has 4 aliphatic heterocycles. The van der Waals surface area contributed by atoms with E-state index in [1.165, 1.54) is 56.7 Å². The van der Waals surface area contributed by atoms with Crippen LogP contribution in [-0.2, 0) is 56.0 Å². The van der Waals surface area contributed by atoms with E-state index < -0.39 is 51.9 Å². The van der Waals surface area contributed by atoms with Crippen molar-refractivity contribution < 1.29 is 74.2 Å². The van der Waals surface area contributed by atoms with Gasteiger partial charge in [0.2, 0.25) is 0 Å². The monoisotopic (exact) mass is 1070 g/mol. The number of aryl methyl sites for hydroxylation is 3. The van der Waals surface area contributed by atoms with Gasteiger partial charge in [0.1, 0.15) is 58.9 Å². The molecule has 76 heavy (non-hydrogen) atoms. The van der Waals surface area contributed by atoms with Crippen LogP contribution < -0.4 is 20.1 Å². The Kier molecular flexibility index (Phi) is 18.2. The van der Waals surface area contributed by atoms with Gasteiger partial charge in [-0.1, -0.05) is 40.1 Å². The summed E-state index contributed by atoms with van der Waals surface area (Å²) >= 11 is 0. The Morgan fingerprint density at radius 3 is 1.54 bits per heavy atom. The number of ether oxygens (including phenoxy) is 6. The van der Waals surface area contributed by atoms with Gasteiger partial charge in [-0.3, -0.25) is 13.8 Å². The fourth-order valence-corrected chi connectivity index (χ4v) is 8.95. The van der Waals surface area contributed by atoms with E-state index in [1.807, 2.05) is 6.92 Å². The van der Waals surface area contributed by atoms with E-state index in [9.17, 15) is 26.8 Å². The quantitative estimate of drug-likeness (QED) is 0.111. The maximum absolute atomic E-state index is 13.7. The Balaban J connectivity index is 0.000000209. The maximum Gasteiger partial charge on any atom is 0.297 e. The summed E-state index contributed by atoms with van der Waals surface area (Å²) in [6.45, 7) is 6.09. The Bertz CT molecular complexity index is 3050. The van der Waals surface area contributed by atoms with E-state index in [-0.39, 0.29) is 92.2 Å². The van der Waals surface area contributed by atoms with Crippen LogP contribution in [0.15, 0.2) is 88.0 Å². The molecule has 22 nitrogen and oxygen atoms in total. The highest BCUT2D eigenvalue weighted by Crippen LogP contribution is 2.26. The minimum atomic E-state index is -3.92. The van der Waals surface area contributed by atoms with E-state index in [0.29, 0.717) is 65.0 Å². The van der Waals surface area contributed by atoms with Crippen LogP contribution in [0, 0.1) is 32.4 Å². The first kappa shape index (κ1) is 55.1. The van der Waals surface area contributed by atoms with Crippen LogP contribution in [0.4, 0.5) is 8.78 Å². The number of halogens is 2. The molecule has 0 radical (unpaired) electrons. The summed E-state index contributed by atoms with van der Waals surface area (Å²) in [6.07, 6.45) is -1.69. The van der Waals surface area contributed by atoms with E-state index in [2.05, 4.69) is 40.9 Å². The highest BCUT2D eigenvalue weighted by Gasteiger charge is 2.37. The second-order valence-electron chi connectivity index (χ2n) is 17.8. The molecule has 2 aromatic heterocycles. The van der Waals surface area contributed by atoms with Crippen molar-refractivity contribution in [1.29, 1.82) is 0 Å². The van der Waals surface area contributed by atoms with Crippen molar-refractivity contribution in [1.82, 2.24) is 30.6 Å². The second-order valence-corrected chi connectivity index (χ2v) is 19.5. The summed E-state index contributed by atoms with van der Waals surface area (Å²) < 4.78 is 90.2. The Morgan fingerprint density at radius 1 is 0.632 bits per heavy atom. The molecule has 0 aliphatic carbocycles. The van der Waals surface area contributed by atoms with Crippen molar-refractivity contribution in [2.75, 3.05) is 53.9 Å². The number of hydrogen-bond donors (Lipinski definition) is 3. The van der Waals surface area contributed by atoms with Gasteiger partial charge >= 0.3 is 0 Å². The molecule has 6 heterocycles. The predicted molar refractivity (Wildman–Crippen MR) is 264 cm³/mol. The van der Waals surface area contributed by atoms with E-state index in [0.717, 1.165) is 5.56 Å². The number of carbonyl (C=O) groups excluding carboxylic acids is 2. The topological polar surface area (TPSA) is 272 Å². The molecule has 0 saturated carbocycles. The van der Waals surface area contributed by atoms with Gasteiger partial charge in [-0.25, -0.2) is 28.7 Å². The zero-order valence-corrected chi connectivity index (χ0v) is 42.9. The molecular weight excluding hydrogens is 1020 g/mol. The molecule has 404 valence electrons. The minimum Gasteiger partial charge on any atom is -0.494 e. The maximum atomic E-state index is 13.7. The number of nitrogens with one attached hydrogen (secondary N) is 2. The summed E-state index contributed by atoms with van der Waals surface area (Å²) in [5.41, 5.74) is 4.63. The average Bonchev–Trinajstić information content (AvgIpc) is 4.15. The zero-order chi connectivity index (χ0) is 53.9. The van der Waals surface area contributed by atoms with Crippen LogP contribution in [0.5, 0.6) is 11.5 Å². The number of carbonyl (C=O) groups is 2. The summed E-state index contributed by atoms with van der Waals surface area (Å²) in [6, 6.07) is 18.2. The largest absolute Gasteiger partial charge is 0.494 e. The second kappa shape index (κ2) is 25.1. The van der Waals surface area contributed by atoms with Gasteiger partial charge < -0.3 is 53.8 Å². The Hall–Kier alpha value is -7.13. The molecule has 2 amide bonds. The van der Waals surface area contributed by atoms with Crippen LogP contribution in [0.3, 0.4) is 0 Å². The lowest BCUT2D eigenvalue weighted by atomic mass is 10.0. The lowest BCUT2D eigenvalue weighted by Crippen LogP contribution is -2.44. The average molecular weight is 1080 g/mol.